The van der Waals surface area contributed by atoms with Crippen LogP contribution in [0.2, 0.25) is 0 Å². The van der Waals surface area contributed by atoms with Crippen molar-refractivity contribution in [3.8, 4) is 0 Å². The smallest absolute Gasteiger partial charge is 0.148 e. The molecule has 0 bridgehead atoms. The second kappa shape index (κ2) is 5.52. The number of nitrogens with one attached hydrogen (secondary N) is 1. The number of rotatable bonds is 6. The molecule has 2 aromatic rings. The van der Waals surface area contributed by atoms with Crippen molar-refractivity contribution < 1.29 is 0 Å². The Bertz CT molecular complexity index is 486. The van der Waals surface area contributed by atoms with E-state index in [9.17, 15) is 0 Å². The Morgan fingerprint density at radius 2 is 2.28 bits per heavy atom. The zero-order valence-corrected chi connectivity index (χ0v) is 10.8. The number of aryl methyl sites for hydroxylation is 3. The summed E-state index contributed by atoms with van der Waals surface area (Å²) in [6, 6.07) is 0. The van der Waals surface area contributed by atoms with E-state index >= 15 is 0 Å². The zero-order chi connectivity index (χ0) is 13.0. The molecule has 0 spiro atoms. The predicted octanol–water partition coefficient (Wildman–Crippen LogP) is 0.887. The van der Waals surface area contributed by atoms with Gasteiger partial charge in [0.05, 0.1) is 17.6 Å². The number of aromatic nitrogens is 5. The van der Waals surface area contributed by atoms with Gasteiger partial charge in [0.25, 0.3) is 0 Å². The number of anilines is 2. The molecule has 0 unspecified atom stereocenters. The lowest BCUT2D eigenvalue weighted by molar-refractivity contribution is 0.567. The monoisotopic (exact) mass is 249 g/mol. The van der Waals surface area contributed by atoms with Crippen LogP contribution in [0.15, 0.2) is 12.4 Å². The summed E-state index contributed by atoms with van der Waals surface area (Å²) in [7, 11) is 0. The summed E-state index contributed by atoms with van der Waals surface area (Å²) in [4.78, 5) is 0. The van der Waals surface area contributed by atoms with Crippen LogP contribution in [0.1, 0.15) is 19.0 Å². The van der Waals surface area contributed by atoms with E-state index in [1.165, 1.54) is 0 Å². The molecule has 2 aromatic heterocycles. The Hall–Kier alpha value is -2.05. The number of nitrogens with zero attached hydrogens (tertiary/aromatic N) is 5. The molecule has 0 amide bonds. The Morgan fingerprint density at radius 1 is 1.44 bits per heavy atom. The van der Waals surface area contributed by atoms with Crippen LogP contribution in [-0.2, 0) is 13.1 Å². The maximum absolute atomic E-state index is 5.98. The van der Waals surface area contributed by atoms with Gasteiger partial charge < -0.3 is 11.1 Å². The van der Waals surface area contributed by atoms with Crippen LogP contribution in [0.25, 0.3) is 0 Å². The maximum atomic E-state index is 5.98. The number of hydrogen-bond donors (Lipinski definition) is 2. The van der Waals surface area contributed by atoms with Crippen molar-refractivity contribution >= 4 is 11.5 Å². The third-order valence-corrected chi connectivity index (χ3v) is 2.80. The maximum Gasteiger partial charge on any atom is 0.148 e. The molecule has 2 rings (SSSR count). The molecular weight excluding hydrogens is 230 g/mol. The van der Waals surface area contributed by atoms with Crippen LogP contribution in [0.4, 0.5) is 11.5 Å². The Labute approximate surface area is 106 Å². The van der Waals surface area contributed by atoms with Gasteiger partial charge in [-0.15, -0.1) is 5.10 Å². The first-order valence-electron chi connectivity index (χ1n) is 6.13. The quantitative estimate of drug-likeness (QED) is 0.742. The van der Waals surface area contributed by atoms with Crippen molar-refractivity contribution in [3.05, 3.63) is 18.1 Å². The average Bonchev–Trinajstić information content (AvgIpc) is 2.96. The molecule has 0 atom stereocenters. The molecule has 7 heteroatoms. The van der Waals surface area contributed by atoms with Crippen molar-refractivity contribution in [2.75, 3.05) is 17.6 Å². The van der Waals surface area contributed by atoms with Crippen molar-refractivity contribution in [1.82, 2.24) is 24.8 Å². The van der Waals surface area contributed by atoms with E-state index in [0.717, 1.165) is 43.3 Å². The van der Waals surface area contributed by atoms with Gasteiger partial charge in [0.1, 0.15) is 5.82 Å². The molecule has 0 saturated carbocycles. The Balaban J connectivity index is 1.86. The van der Waals surface area contributed by atoms with Crippen molar-refractivity contribution in [3.63, 3.8) is 0 Å². The molecule has 98 valence electrons. The summed E-state index contributed by atoms with van der Waals surface area (Å²) in [5.74, 6) is 0.911. The molecule has 0 fully saturated rings. The van der Waals surface area contributed by atoms with Crippen LogP contribution < -0.4 is 11.1 Å². The SMILES string of the molecule is CCn1nc(C)c(N)c1NCCCn1ccnn1. The van der Waals surface area contributed by atoms with E-state index in [0.29, 0.717) is 0 Å². The van der Waals surface area contributed by atoms with Gasteiger partial charge in [-0.05, 0) is 20.3 Å². The fourth-order valence-electron chi connectivity index (χ4n) is 1.81. The van der Waals surface area contributed by atoms with E-state index in [4.69, 9.17) is 5.73 Å². The van der Waals surface area contributed by atoms with E-state index in [2.05, 4.69) is 20.7 Å². The van der Waals surface area contributed by atoms with E-state index < -0.39 is 0 Å². The van der Waals surface area contributed by atoms with E-state index in [1.54, 1.807) is 6.20 Å². The highest BCUT2D eigenvalue weighted by Crippen LogP contribution is 2.21. The number of nitrogen functional groups attached to an aromatic ring is 1. The second-order valence-electron chi connectivity index (χ2n) is 4.11. The highest BCUT2D eigenvalue weighted by Gasteiger charge is 2.10. The highest BCUT2D eigenvalue weighted by molar-refractivity contribution is 5.64. The summed E-state index contributed by atoms with van der Waals surface area (Å²) in [6.45, 7) is 6.44. The fraction of sp³-hybridized carbons (Fsp3) is 0.545. The number of nitrogens with two attached hydrogens (primary N) is 1. The molecule has 0 aliphatic rings. The summed E-state index contributed by atoms with van der Waals surface area (Å²) < 4.78 is 3.70. The minimum Gasteiger partial charge on any atom is -0.394 e. The Kier molecular flexibility index (Phi) is 3.81. The third-order valence-electron chi connectivity index (χ3n) is 2.80. The Morgan fingerprint density at radius 3 is 2.94 bits per heavy atom. The minimum absolute atomic E-state index is 0.734. The molecule has 7 nitrogen and oxygen atoms in total. The number of hydrogen-bond acceptors (Lipinski definition) is 5. The first-order valence-corrected chi connectivity index (χ1v) is 6.13. The average molecular weight is 249 g/mol. The minimum atomic E-state index is 0.734. The molecule has 18 heavy (non-hydrogen) atoms. The van der Waals surface area contributed by atoms with Gasteiger partial charge >= 0.3 is 0 Å². The van der Waals surface area contributed by atoms with Crippen molar-refractivity contribution in [1.29, 1.82) is 0 Å². The second-order valence-corrected chi connectivity index (χ2v) is 4.11. The van der Waals surface area contributed by atoms with Gasteiger partial charge in [0.2, 0.25) is 0 Å². The highest BCUT2D eigenvalue weighted by atomic mass is 15.4. The lowest BCUT2D eigenvalue weighted by Crippen LogP contribution is -2.12. The van der Waals surface area contributed by atoms with Gasteiger partial charge in [-0.25, -0.2) is 4.68 Å². The van der Waals surface area contributed by atoms with Crippen molar-refractivity contribution in [2.45, 2.75) is 33.4 Å². The topological polar surface area (TPSA) is 86.6 Å². The lowest BCUT2D eigenvalue weighted by atomic mass is 10.3. The van der Waals surface area contributed by atoms with Gasteiger partial charge in [-0.3, -0.25) is 4.68 Å². The van der Waals surface area contributed by atoms with Gasteiger partial charge in [-0.1, -0.05) is 5.21 Å². The normalized spacial score (nSPS) is 10.8. The van der Waals surface area contributed by atoms with Crippen LogP contribution in [0, 0.1) is 6.92 Å². The van der Waals surface area contributed by atoms with Crippen LogP contribution in [-0.4, -0.2) is 31.3 Å². The van der Waals surface area contributed by atoms with Crippen LogP contribution >= 0.6 is 0 Å². The summed E-state index contributed by atoms with van der Waals surface area (Å²) in [6.07, 6.45) is 4.49. The zero-order valence-electron chi connectivity index (χ0n) is 10.8. The summed E-state index contributed by atoms with van der Waals surface area (Å²) >= 11 is 0. The third kappa shape index (κ3) is 2.61. The lowest BCUT2D eigenvalue weighted by Gasteiger charge is -2.09. The largest absolute Gasteiger partial charge is 0.394 e. The molecule has 0 aromatic carbocycles. The van der Waals surface area contributed by atoms with E-state index in [-0.39, 0.29) is 0 Å². The van der Waals surface area contributed by atoms with Gasteiger partial charge in [-0.2, -0.15) is 5.10 Å². The van der Waals surface area contributed by atoms with Crippen LogP contribution in [0.3, 0.4) is 0 Å². The van der Waals surface area contributed by atoms with Crippen LogP contribution in [0.5, 0.6) is 0 Å². The van der Waals surface area contributed by atoms with E-state index in [1.807, 2.05) is 29.4 Å². The fourth-order valence-corrected chi connectivity index (χ4v) is 1.81. The molecule has 3 N–H and O–H groups in total. The van der Waals surface area contributed by atoms with Crippen molar-refractivity contribution in [2.24, 2.45) is 0 Å². The first-order chi connectivity index (χ1) is 8.72. The van der Waals surface area contributed by atoms with Gasteiger partial charge in [0.15, 0.2) is 0 Å². The summed E-state index contributed by atoms with van der Waals surface area (Å²) in [5.41, 5.74) is 7.59. The molecule has 0 aliphatic carbocycles. The first kappa shape index (κ1) is 12.4. The molecule has 0 saturated heterocycles. The predicted molar refractivity (Wildman–Crippen MR) is 70.2 cm³/mol. The molecule has 2 heterocycles. The molecule has 0 aliphatic heterocycles. The standard InChI is InChI=1S/C11H19N7/c1-3-18-11(10(12)9(2)15-18)13-5-4-7-17-8-6-14-16-17/h6,8,13H,3-5,7,12H2,1-2H3. The molecule has 0 radical (unpaired) electrons. The van der Waals surface area contributed by atoms with Gasteiger partial charge in [0, 0.05) is 25.8 Å². The summed E-state index contributed by atoms with van der Waals surface area (Å²) in [5, 5.41) is 15.4. The molecular formula is C11H19N7.